The third kappa shape index (κ3) is 13.8. The molecule has 0 atom stereocenters. The molecule has 0 radical (unpaired) electrons. The number of nitrogen functional groups attached to an aromatic ring is 1. The van der Waals surface area contributed by atoms with Gasteiger partial charge in [0.1, 0.15) is 52.9 Å². The number of rotatable bonds is 20. The summed E-state index contributed by atoms with van der Waals surface area (Å²) >= 11 is -0.0482. The van der Waals surface area contributed by atoms with Gasteiger partial charge in [-0.2, -0.15) is 60.7 Å². The van der Waals surface area contributed by atoms with Crippen molar-refractivity contribution in [2.75, 3.05) is 5.73 Å². The summed E-state index contributed by atoms with van der Waals surface area (Å²) in [7, 11) is -32.2. The minimum Gasteiger partial charge on any atom is -0.505 e. The van der Waals surface area contributed by atoms with E-state index < -0.39 is 207 Å². The molecule has 0 saturated carbocycles. The van der Waals surface area contributed by atoms with E-state index in [0.29, 0.717) is 53.2 Å². The number of aromatic carboxylic acids is 1. The second-order valence-electron chi connectivity index (χ2n) is 17.1. The maximum absolute atomic E-state index is 13.3. The summed E-state index contributed by atoms with van der Waals surface area (Å²) in [5.41, 5.74) is -5.00. The largest absolute Gasteiger partial charge is 0.505 e. The van der Waals surface area contributed by atoms with E-state index in [2.05, 4.69) is 55.4 Å². The summed E-state index contributed by atoms with van der Waals surface area (Å²) in [4.78, 5) is 28.1. The first-order valence-corrected chi connectivity index (χ1v) is 31.8. The fraction of sp³-hybridized carbons (Fsp3) is 0. The molecule has 0 aliphatic rings. The number of carbonyl (C=O) groups is 1. The number of aromatic hydroxyl groups is 2. The van der Waals surface area contributed by atoms with Gasteiger partial charge in [0.05, 0.1) is 54.9 Å². The van der Waals surface area contributed by atoms with E-state index in [1.54, 1.807) is 0 Å². The first kappa shape index (κ1) is 65.4. The predicted molar refractivity (Wildman–Crippen MR) is 295 cm³/mol. The average Bonchev–Trinajstić information content (AvgIpc) is 1.21. The number of fused-ring (bicyclic) bond motifs is 2. The van der Waals surface area contributed by atoms with Crippen LogP contribution in [0, 0.1) is 10.1 Å². The number of nitro groups is 1. The molecule has 0 saturated heterocycles. The van der Waals surface area contributed by atoms with Crippen molar-refractivity contribution in [2.24, 2.45) is 40.9 Å². The zero-order chi connectivity index (χ0) is 65.8. The van der Waals surface area contributed by atoms with Gasteiger partial charge in [0.25, 0.3) is 72.0 Å². The van der Waals surface area contributed by atoms with Crippen molar-refractivity contribution in [1.29, 1.82) is 0 Å². The number of nitrogens with one attached hydrogen (secondary N) is 1. The van der Waals surface area contributed by atoms with Crippen LogP contribution in [0.1, 0.15) is 10.5 Å². The molecule has 0 unspecified atom stereocenters. The summed E-state index contributed by atoms with van der Waals surface area (Å²) < 4.78 is 215. The van der Waals surface area contributed by atoms with E-state index in [-0.39, 0.29) is 17.7 Å². The molecule has 466 valence electrons. The molecule has 0 aliphatic carbocycles. The van der Waals surface area contributed by atoms with Gasteiger partial charge in [0, 0.05) is 28.3 Å². The lowest BCUT2D eigenvalue weighted by Gasteiger charge is -2.14. The fourth-order valence-electron chi connectivity index (χ4n) is 7.79. The van der Waals surface area contributed by atoms with Crippen LogP contribution in [0.4, 0.5) is 56.9 Å². The van der Waals surface area contributed by atoms with E-state index in [1.165, 1.54) is 0 Å². The highest BCUT2D eigenvalue weighted by Crippen LogP contribution is 2.51. The quantitative estimate of drug-likeness (QED) is 0.00663. The lowest BCUT2D eigenvalue weighted by Crippen LogP contribution is -2.14. The molecule has 0 spiro atoms. The molecular weight excluding hydrogens is 1340 g/mol. The third-order valence-corrected chi connectivity index (χ3v) is 17.5. The van der Waals surface area contributed by atoms with Gasteiger partial charge in [-0.3, -0.25) is 47.3 Å². The standard InChI is InChI=1S/C42H28N12O28S7/c43-34-26(15-29(86(69,70)71)23-13-27(83-82-81-62)35(40(56)33(23)34)49-46-25-8-4-19(54(60)61)12-31(25)88(75,76)77)48-45-17-9-22-21(28(11-17)85(66,67)68)14-32(89(78,79)80)36(39(22)55)50-44-16-1-7-24(30(10-16)87(72,73)74)47-51-37-38(42(58)59)52-53(41(37)57)18-2-5-20(6-3-18)84(63,64)65/h1-15,52,55-56,62H,43H2,(H,58,59)(H,63,64,65)(H,66,67,68)(H,69,70,71)(H,72,73,74)(H,75,76,77)(H,78,79,80). The summed E-state index contributed by atoms with van der Waals surface area (Å²) in [6.07, 6.45) is 0. The smallest absolute Gasteiger partial charge is 0.356 e. The van der Waals surface area contributed by atoms with Crippen LogP contribution in [0.15, 0.2) is 171 Å². The monoisotopic (exact) mass is 1370 g/mol. The Morgan fingerprint density at radius 3 is 1.62 bits per heavy atom. The van der Waals surface area contributed by atoms with Crippen molar-refractivity contribution in [2.45, 2.75) is 34.3 Å². The van der Waals surface area contributed by atoms with Gasteiger partial charge in [-0.05, 0) is 78.9 Å². The van der Waals surface area contributed by atoms with Crippen LogP contribution in [0.3, 0.4) is 0 Å². The maximum atomic E-state index is 13.3. The average molecular weight is 1370 g/mol. The third-order valence-electron chi connectivity index (χ3n) is 11.6. The van der Waals surface area contributed by atoms with Crippen molar-refractivity contribution in [3.05, 3.63) is 117 Å². The van der Waals surface area contributed by atoms with Crippen LogP contribution < -0.4 is 11.3 Å². The van der Waals surface area contributed by atoms with Gasteiger partial charge in [-0.1, -0.05) is 5.04 Å². The van der Waals surface area contributed by atoms with Crippen LogP contribution in [-0.2, 0) is 70.1 Å². The molecule has 40 nitrogen and oxygen atoms in total. The minimum absolute atomic E-state index is 0.0482. The zero-order valence-electron chi connectivity index (χ0n) is 42.4. The van der Waals surface area contributed by atoms with Crippen LogP contribution >= 0.6 is 12.0 Å². The number of benzene rings is 7. The number of nitrogens with two attached hydrogens (primary N) is 1. The highest BCUT2D eigenvalue weighted by Gasteiger charge is 2.30. The van der Waals surface area contributed by atoms with Gasteiger partial charge in [-0.25, -0.2) is 14.7 Å². The Balaban J connectivity index is 1.24. The number of nitrogens with zero attached hydrogens (tertiary/aromatic N) is 10. The van der Waals surface area contributed by atoms with Crippen molar-refractivity contribution in [3.8, 4) is 17.2 Å². The Hall–Kier alpha value is -9.57. The number of nitro benzene ring substituents is 1. The molecule has 0 aliphatic heterocycles. The molecule has 89 heavy (non-hydrogen) atoms. The molecule has 1 aromatic heterocycles. The number of phenolic OH excluding ortho intramolecular Hbond substituents is 2. The Bertz CT molecular complexity index is 5310. The van der Waals surface area contributed by atoms with E-state index >= 15 is 0 Å². The number of carboxylic acid groups (broad SMARTS) is 1. The molecular formula is C42H28N12O28S7. The number of aromatic nitrogens is 2. The number of anilines is 1. The Morgan fingerprint density at radius 1 is 0.551 bits per heavy atom. The highest BCUT2D eigenvalue weighted by molar-refractivity contribution is 7.94. The van der Waals surface area contributed by atoms with Crippen LogP contribution in [0.25, 0.3) is 27.2 Å². The molecule has 0 bridgehead atoms. The highest BCUT2D eigenvalue weighted by atomic mass is 32.2. The number of hydrogen-bond donors (Lipinski definition) is 12. The van der Waals surface area contributed by atoms with Crippen LogP contribution in [0.2, 0.25) is 0 Å². The van der Waals surface area contributed by atoms with Gasteiger partial charge < -0.3 is 21.1 Å². The molecule has 13 N–H and O–H groups in total. The molecule has 8 aromatic rings. The van der Waals surface area contributed by atoms with Crippen molar-refractivity contribution in [1.82, 2.24) is 9.78 Å². The summed E-state index contributed by atoms with van der Waals surface area (Å²) in [5.74, 6) is -4.51. The number of carboxylic acids is 1. The molecule has 0 fully saturated rings. The van der Waals surface area contributed by atoms with Gasteiger partial charge in [0.15, 0.2) is 22.9 Å². The first-order valence-electron chi connectivity index (χ1n) is 22.4. The van der Waals surface area contributed by atoms with E-state index in [0.717, 1.165) is 42.5 Å². The van der Waals surface area contributed by atoms with Gasteiger partial charge in [-0.15, -0.1) is 35.0 Å². The molecule has 7 aromatic carbocycles. The number of azo groups is 4. The Labute approximate surface area is 497 Å². The van der Waals surface area contributed by atoms with E-state index in [9.17, 15) is 113 Å². The topological polar surface area (TPSA) is 649 Å². The van der Waals surface area contributed by atoms with Crippen molar-refractivity contribution < 1.29 is 117 Å². The fourth-order valence-corrected chi connectivity index (χ4v) is 12.1. The second kappa shape index (κ2) is 23.8. The molecule has 0 amide bonds. The lowest BCUT2D eigenvalue weighted by atomic mass is 10.0. The Morgan fingerprint density at radius 2 is 1.07 bits per heavy atom. The normalized spacial score (nSPS) is 13.1. The number of phenols is 2. The molecule has 47 heteroatoms. The van der Waals surface area contributed by atoms with Gasteiger partial charge in [0.2, 0.25) is 0 Å². The molecule has 8 rings (SSSR count). The number of non-ortho nitro benzene ring substituents is 1. The Kier molecular flexibility index (Phi) is 17.5. The van der Waals surface area contributed by atoms with Crippen molar-refractivity contribution >= 4 is 157 Å². The van der Waals surface area contributed by atoms with E-state index in [1.807, 2.05) is 0 Å². The minimum atomic E-state index is -5.66. The lowest BCUT2D eigenvalue weighted by molar-refractivity contribution is -0.432. The van der Waals surface area contributed by atoms with Gasteiger partial charge >= 0.3 is 5.97 Å². The SMILES string of the molecule is Nc1c(N=Nc2cc(S(=O)(=O)O)c3cc(S(=O)(=O)O)c(N=Nc4ccc(N=Nc5c(C(=O)O)[nH]n(-c6ccc(S(=O)(=O)O)cc6)c5=O)c(S(=O)(=O)O)c4)c(O)c3c2)cc(S(=O)(=O)O)c2cc(SOOO)c(N=Nc3ccc([N+](=O)[O-])cc3S(=O)(=O)O)c(O)c12. The zero-order valence-corrected chi connectivity index (χ0v) is 48.1. The van der Waals surface area contributed by atoms with Crippen molar-refractivity contribution in [3.63, 3.8) is 0 Å². The maximum Gasteiger partial charge on any atom is 0.356 e. The second-order valence-corrected chi connectivity index (χ2v) is 26.2. The molecule has 1 heterocycles. The van der Waals surface area contributed by atoms with E-state index in [4.69, 9.17) is 11.0 Å². The number of hydrogen-bond acceptors (Lipinski definition) is 31. The number of H-pyrrole nitrogens is 1. The summed E-state index contributed by atoms with van der Waals surface area (Å²) in [5, 5.41) is 84.6. The van der Waals surface area contributed by atoms with Crippen LogP contribution in [-0.4, -0.2) is 119 Å². The predicted octanol–water partition coefficient (Wildman–Crippen LogP) is 7.64. The van der Waals surface area contributed by atoms with Crippen LogP contribution in [0.5, 0.6) is 11.5 Å². The number of aromatic amines is 1. The first-order chi connectivity index (χ1) is 41.2. The summed E-state index contributed by atoms with van der Waals surface area (Å²) in [6.45, 7) is 0. The summed E-state index contributed by atoms with van der Waals surface area (Å²) in [6, 6.07) is 10.1.